The fourth-order valence-electron chi connectivity index (χ4n) is 3.15. The first-order valence-corrected chi connectivity index (χ1v) is 10.1. The van der Waals surface area contributed by atoms with Gasteiger partial charge in [0.1, 0.15) is 0 Å². The fourth-order valence-corrected chi connectivity index (χ4v) is 3.72. The second kappa shape index (κ2) is 9.43. The van der Waals surface area contributed by atoms with Crippen molar-refractivity contribution in [1.82, 2.24) is 9.88 Å². The van der Waals surface area contributed by atoms with Crippen LogP contribution in [0.3, 0.4) is 0 Å². The molecule has 0 aliphatic rings. The molecule has 3 aromatic rings. The molecule has 30 heavy (non-hydrogen) atoms. The highest BCUT2D eigenvalue weighted by molar-refractivity contribution is 6.40. The first kappa shape index (κ1) is 22.0. The summed E-state index contributed by atoms with van der Waals surface area (Å²) in [5.74, 6) is -0.871. The molecule has 3 rings (SSSR count). The number of hydrogen-bond donors (Lipinski definition) is 1. The summed E-state index contributed by atoms with van der Waals surface area (Å²) < 4.78 is 5.18. The number of fused-ring (bicyclic) bond motifs is 1. The van der Waals surface area contributed by atoms with Crippen molar-refractivity contribution in [2.24, 2.45) is 0 Å². The van der Waals surface area contributed by atoms with Gasteiger partial charge in [-0.25, -0.2) is 4.79 Å². The Morgan fingerprint density at radius 2 is 1.77 bits per heavy atom. The van der Waals surface area contributed by atoms with Crippen LogP contribution < -0.4 is 5.32 Å². The SMILES string of the molecule is CCOC(=O)c1cnc2c(NC(=O)c3c(Cl)cccc3Cl)cccc2c1CN(C)C. The molecule has 0 unspecified atom stereocenters. The van der Waals surface area contributed by atoms with Gasteiger partial charge in [-0.05, 0) is 44.8 Å². The Hall–Kier alpha value is -2.67. The predicted molar refractivity (Wildman–Crippen MR) is 120 cm³/mol. The number of carbonyl (C=O) groups excluding carboxylic acids is 2. The number of pyridine rings is 1. The Morgan fingerprint density at radius 3 is 2.40 bits per heavy atom. The molecule has 0 aliphatic carbocycles. The molecule has 6 nitrogen and oxygen atoms in total. The van der Waals surface area contributed by atoms with E-state index < -0.39 is 11.9 Å². The van der Waals surface area contributed by atoms with Crippen LogP contribution in [0.1, 0.15) is 33.2 Å². The van der Waals surface area contributed by atoms with E-state index in [1.54, 1.807) is 37.3 Å². The molecule has 0 bridgehead atoms. The molecular weight excluding hydrogens is 425 g/mol. The van der Waals surface area contributed by atoms with E-state index >= 15 is 0 Å². The van der Waals surface area contributed by atoms with Crippen molar-refractivity contribution in [3.05, 3.63) is 69.3 Å². The van der Waals surface area contributed by atoms with Gasteiger partial charge in [0.2, 0.25) is 0 Å². The molecule has 1 heterocycles. The van der Waals surface area contributed by atoms with Crippen LogP contribution in [0.15, 0.2) is 42.6 Å². The van der Waals surface area contributed by atoms with Crippen molar-refractivity contribution in [3.63, 3.8) is 0 Å². The summed E-state index contributed by atoms with van der Waals surface area (Å²) in [6.07, 6.45) is 1.48. The lowest BCUT2D eigenvalue weighted by atomic mass is 10.0. The normalized spacial score (nSPS) is 11.0. The van der Waals surface area contributed by atoms with Gasteiger partial charge < -0.3 is 15.0 Å². The third-order valence-corrected chi connectivity index (χ3v) is 5.05. The largest absolute Gasteiger partial charge is 0.462 e. The maximum Gasteiger partial charge on any atom is 0.340 e. The topological polar surface area (TPSA) is 71.5 Å². The van der Waals surface area contributed by atoms with Crippen LogP contribution in [0.4, 0.5) is 5.69 Å². The number of amides is 1. The highest BCUT2D eigenvalue weighted by Gasteiger charge is 2.20. The summed E-state index contributed by atoms with van der Waals surface area (Å²) in [5, 5.41) is 4.10. The summed E-state index contributed by atoms with van der Waals surface area (Å²) in [7, 11) is 3.82. The Bertz CT molecular complexity index is 1100. The minimum Gasteiger partial charge on any atom is -0.462 e. The number of benzene rings is 2. The fraction of sp³-hybridized carbons (Fsp3) is 0.227. The maximum atomic E-state index is 12.8. The first-order valence-electron chi connectivity index (χ1n) is 9.31. The average Bonchev–Trinajstić information content (AvgIpc) is 2.68. The number of ether oxygens (including phenoxy) is 1. The standard InChI is InChI=1S/C22H21Cl2N3O3/c1-4-30-22(29)14-11-25-20-13(15(14)12-27(2)3)7-5-10-18(20)26-21(28)19-16(23)8-6-9-17(19)24/h5-11H,4,12H2,1-3H3,(H,26,28). The lowest BCUT2D eigenvalue weighted by Crippen LogP contribution is -2.17. The van der Waals surface area contributed by atoms with Gasteiger partial charge >= 0.3 is 5.97 Å². The molecule has 1 amide bonds. The van der Waals surface area contributed by atoms with Crippen LogP contribution in [0.5, 0.6) is 0 Å². The van der Waals surface area contributed by atoms with Crippen LogP contribution in [-0.2, 0) is 11.3 Å². The smallest absolute Gasteiger partial charge is 0.340 e. The second-order valence-electron chi connectivity index (χ2n) is 6.86. The van der Waals surface area contributed by atoms with Crippen LogP contribution >= 0.6 is 23.2 Å². The number of aromatic nitrogens is 1. The molecule has 1 N–H and O–H groups in total. The molecular formula is C22H21Cl2N3O3. The van der Waals surface area contributed by atoms with Crippen LogP contribution in [0, 0.1) is 0 Å². The van der Waals surface area contributed by atoms with Gasteiger partial charge in [-0.15, -0.1) is 0 Å². The van der Waals surface area contributed by atoms with Gasteiger partial charge in [0.15, 0.2) is 0 Å². The van der Waals surface area contributed by atoms with Crippen molar-refractivity contribution in [3.8, 4) is 0 Å². The molecule has 0 aliphatic heterocycles. The van der Waals surface area contributed by atoms with Gasteiger partial charge in [-0.2, -0.15) is 0 Å². The van der Waals surface area contributed by atoms with Crippen LogP contribution in [0.2, 0.25) is 10.0 Å². The molecule has 156 valence electrons. The van der Waals surface area contributed by atoms with E-state index in [-0.39, 0.29) is 22.2 Å². The van der Waals surface area contributed by atoms with E-state index in [0.29, 0.717) is 23.3 Å². The van der Waals surface area contributed by atoms with Crippen molar-refractivity contribution >= 4 is 51.7 Å². The molecule has 0 atom stereocenters. The third kappa shape index (κ3) is 4.56. The van der Waals surface area contributed by atoms with Crippen LogP contribution in [0.25, 0.3) is 10.9 Å². The van der Waals surface area contributed by atoms with Gasteiger partial charge in [0.25, 0.3) is 5.91 Å². The van der Waals surface area contributed by atoms with E-state index in [1.807, 2.05) is 25.1 Å². The van der Waals surface area contributed by atoms with E-state index in [1.165, 1.54) is 6.20 Å². The number of esters is 1. The van der Waals surface area contributed by atoms with Crippen molar-refractivity contribution < 1.29 is 14.3 Å². The molecule has 0 radical (unpaired) electrons. The number of nitrogens with zero attached hydrogens (tertiary/aromatic N) is 2. The minimum atomic E-state index is -0.441. The van der Waals surface area contributed by atoms with Crippen LogP contribution in [-0.4, -0.2) is 42.5 Å². The van der Waals surface area contributed by atoms with E-state index in [0.717, 1.165) is 10.9 Å². The van der Waals surface area contributed by atoms with Crippen molar-refractivity contribution in [2.45, 2.75) is 13.5 Å². The number of hydrogen-bond acceptors (Lipinski definition) is 5. The second-order valence-corrected chi connectivity index (χ2v) is 7.68. The summed E-state index contributed by atoms with van der Waals surface area (Å²) in [4.78, 5) is 31.7. The summed E-state index contributed by atoms with van der Waals surface area (Å²) in [6.45, 7) is 2.53. The highest BCUT2D eigenvalue weighted by Crippen LogP contribution is 2.30. The number of carbonyl (C=O) groups is 2. The van der Waals surface area contributed by atoms with Gasteiger partial charge in [0, 0.05) is 18.1 Å². The predicted octanol–water partition coefficient (Wildman–Crippen LogP) is 5.03. The van der Waals surface area contributed by atoms with Crippen molar-refractivity contribution in [1.29, 1.82) is 0 Å². The highest BCUT2D eigenvalue weighted by atomic mass is 35.5. The van der Waals surface area contributed by atoms with Gasteiger partial charge in [-0.3, -0.25) is 9.78 Å². The number of rotatable bonds is 6. The molecule has 8 heteroatoms. The Morgan fingerprint density at radius 1 is 1.10 bits per heavy atom. The molecule has 0 fully saturated rings. The summed E-state index contributed by atoms with van der Waals surface area (Å²) in [5.41, 5.74) is 2.41. The van der Waals surface area contributed by atoms with E-state index in [9.17, 15) is 9.59 Å². The lowest BCUT2D eigenvalue weighted by Gasteiger charge is -2.17. The average molecular weight is 446 g/mol. The third-order valence-electron chi connectivity index (χ3n) is 4.42. The van der Waals surface area contributed by atoms with Gasteiger partial charge in [-0.1, -0.05) is 41.4 Å². The lowest BCUT2D eigenvalue weighted by molar-refractivity contribution is 0.0524. The number of halogens is 2. The zero-order chi connectivity index (χ0) is 21.8. The Balaban J connectivity index is 2.09. The zero-order valence-corrected chi connectivity index (χ0v) is 18.3. The Labute approximate surface area is 184 Å². The zero-order valence-electron chi connectivity index (χ0n) is 16.8. The molecule has 2 aromatic carbocycles. The number of para-hydroxylation sites is 1. The monoisotopic (exact) mass is 445 g/mol. The van der Waals surface area contributed by atoms with Crippen molar-refractivity contribution in [2.75, 3.05) is 26.0 Å². The summed E-state index contributed by atoms with van der Waals surface area (Å²) in [6, 6.07) is 10.3. The molecule has 0 saturated carbocycles. The minimum absolute atomic E-state index is 0.189. The summed E-state index contributed by atoms with van der Waals surface area (Å²) >= 11 is 12.3. The van der Waals surface area contributed by atoms with E-state index in [2.05, 4.69) is 10.3 Å². The molecule has 0 spiro atoms. The number of nitrogens with one attached hydrogen (secondary N) is 1. The number of anilines is 1. The van der Waals surface area contributed by atoms with E-state index in [4.69, 9.17) is 27.9 Å². The maximum absolute atomic E-state index is 12.8. The van der Waals surface area contributed by atoms with Gasteiger partial charge in [0.05, 0.1) is 39.0 Å². The first-order chi connectivity index (χ1) is 14.3. The molecule has 0 saturated heterocycles. The Kier molecular flexibility index (Phi) is 6.92. The molecule has 1 aromatic heterocycles. The quantitative estimate of drug-likeness (QED) is 0.538.